The number of aliphatic hydroxyl groups is 1. The third kappa shape index (κ3) is 1.62. The van der Waals surface area contributed by atoms with Crippen LogP contribution in [0.1, 0.15) is 20.8 Å². The number of carboxylic acid groups (broad SMARTS) is 1. The molecule has 0 unspecified atom stereocenters. The predicted molar refractivity (Wildman–Crippen MR) is 45.4 cm³/mol. The number of amides is 1. The van der Waals surface area contributed by atoms with Crippen molar-refractivity contribution in [2.24, 2.45) is 0 Å². The second kappa shape index (κ2) is 3.16. The SMILES string of the molecule is C[C@H]1OC(C)(C)N(C(=O)O)[C@@H]1CO. The first-order valence-corrected chi connectivity index (χ1v) is 4.21. The highest BCUT2D eigenvalue weighted by atomic mass is 16.6. The fourth-order valence-electron chi connectivity index (χ4n) is 1.80. The molecule has 13 heavy (non-hydrogen) atoms. The number of carbonyl (C=O) groups is 1. The van der Waals surface area contributed by atoms with Crippen molar-refractivity contribution in [1.82, 2.24) is 4.90 Å². The Morgan fingerprint density at radius 3 is 2.46 bits per heavy atom. The lowest BCUT2D eigenvalue weighted by Gasteiger charge is -2.30. The molecule has 5 heteroatoms. The van der Waals surface area contributed by atoms with Gasteiger partial charge in [-0.2, -0.15) is 0 Å². The van der Waals surface area contributed by atoms with Crippen LogP contribution in [-0.2, 0) is 4.74 Å². The molecule has 1 amide bonds. The first-order chi connectivity index (χ1) is 5.90. The summed E-state index contributed by atoms with van der Waals surface area (Å²) in [5, 5.41) is 17.9. The van der Waals surface area contributed by atoms with E-state index in [9.17, 15) is 4.79 Å². The monoisotopic (exact) mass is 189 g/mol. The number of rotatable bonds is 1. The van der Waals surface area contributed by atoms with E-state index in [0.717, 1.165) is 4.90 Å². The van der Waals surface area contributed by atoms with Crippen molar-refractivity contribution in [2.75, 3.05) is 6.61 Å². The van der Waals surface area contributed by atoms with Gasteiger partial charge in [0.1, 0.15) is 5.72 Å². The van der Waals surface area contributed by atoms with Crippen LogP contribution >= 0.6 is 0 Å². The zero-order valence-electron chi connectivity index (χ0n) is 8.02. The van der Waals surface area contributed by atoms with E-state index in [0.29, 0.717) is 0 Å². The van der Waals surface area contributed by atoms with Gasteiger partial charge in [-0.3, -0.25) is 4.90 Å². The van der Waals surface area contributed by atoms with Gasteiger partial charge in [0.2, 0.25) is 0 Å². The second-order valence-electron chi connectivity index (χ2n) is 3.67. The average molecular weight is 189 g/mol. The summed E-state index contributed by atoms with van der Waals surface area (Å²) in [6, 6.07) is -0.465. The van der Waals surface area contributed by atoms with E-state index < -0.39 is 17.9 Å². The van der Waals surface area contributed by atoms with Gasteiger partial charge in [-0.15, -0.1) is 0 Å². The Hall–Kier alpha value is -0.810. The van der Waals surface area contributed by atoms with Gasteiger partial charge in [-0.1, -0.05) is 0 Å². The van der Waals surface area contributed by atoms with Crippen molar-refractivity contribution in [1.29, 1.82) is 0 Å². The van der Waals surface area contributed by atoms with E-state index in [-0.39, 0.29) is 12.7 Å². The van der Waals surface area contributed by atoms with Crippen LogP contribution in [0.5, 0.6) is 0 Å². The molecule has 0 bridgehead atoms. The van der Waals surface area contributed by atoms with Crippen LogP contribution in [0.25, 0.3) is 0 Å². The standard InChI is InChI=1S/C8H15NO4/c1-5-6(4-10)9(7(11)12)8(2,3)13-5/h5-6,10H,4H2,1-3H3,(H,11,12)/t5-,6-/m1/s1. The van der Waals surface area contributed by atoms with E-state index >= 15 is 0 Å². The maximum atomic E-state index is 10.9. The average Bonchev–Trinajstić information content (AvgIpc) is 2.19. The molecule has 1 fully saturated rings. The van der Waals surface area contributed by atoms with Gasteiger partial charge in [0.05, 0.1) is 18.8 Å². The largest absolute Gasteiger partial charge is 0.465 e. The number of hydrogen-bond donors (Lipinski definition) is 2. The molecule has 2 atom stereocenters. The highest BCUT2D eigenvalue weighted by molar-refractivity contribution is 5.66. The molecular weight excluding hydrogens is 174 g/mol. The Labute approximate surface area is 76.9 Å². The Kier molecular flexibility index (Phi) is 2.49. The van der Waals surface area contributed by atoms with Crippen molar-refractivity contribution < 1.29 is 19.7 Å². The lowest BCUT2D eigenvalue weighted by Crippen LogP contribution is -2.48. The summed E-state index contributed by atoms with van der Waals surface area (Å²) in [6.07, 6.45) is -1.33. The summed E-state index contributed by atoms with van der Waals surface area (Å²) < 4.78 is 5.41. The number of aliphatic hydroxyl groups excluding tert-OH is 1. The van der Waals surface area contributed by atoms with Gasteiger partial charge in [0.15, 0.2) is 0 Å². The number of ether oxygens (including phenoxy) is 1. The fraction of sp³-hybridized carbons (Fsp3) is 0.875. The lowest BCUT2D eigenvalue weighted by atomic mass is 10.2. The normalized spacial score (nSPS) is 32.2. The van der Waals surface area contributed by atoms with Gasteiger partial charge in [0.25, 0.3) is 0 Å². The van der Waals surface area contributed by atoms with Crippen molar-refractivity contribution >= 4 is 6.09 Å². The van der Waals surface area contributed by atoms with Crippen LogP contribution in [-0.4, -0.2) is 45.7 Å². The van der Waals surface area contributed by atoms with Crippen LogP contribution in [0.4, 0.5) is 4.79 Å². The van der Waals surface area contributed by atoms with Crippen LogP contribution in [0.2, 0.25) is 0 Å². The maximum Gasteiger partial charge on any atom is 0.409 e. The summed E-state index contributed by atoms with van der Waals surface area (Å²) in [7, 11) is 0. The third-order valence-electron chi connectivity index (χ3n) is 2.32. The molecule has 76 valence electrons. The minimum absolute atomic E-state index is 0.211. The quantitative estimate of drug-likeness (QED) is 0.629. The Morgan fingerprint density at radius 2 is 2.15 bits per heavy atom. The van der Waals surface area contributed by atoms with E-state index in [1.807, 2.05) is 0 Å². The van der Waals surface area contributed by atoms with E-state index in [1.165, 1.54) is 0 Å². The summed E-state index contributed by atoms with van der Waals surface area (Å²) in [4.78, 5) is 12.0. The van der Waals surface area contributed by atoms with Gasteiger partial charge in [-0.25, -0.2) is 4.79 Å². The fourth-order valence-corrected chi connectivity index (χ4v) is 1.80. The Bertz CT molecular complexity index is 216. The molecule has 0 aromatic carbocycles. The molecule has 0 radical (unpaired) electrons. The first-order valence-electron chi connectivity index (χ1n) is 4.21. The molecule has 1 saturated heterocycles. The maximum absolute atomic E-state index is 10.9. The summed E-state index contributed by atoms with van der Waals surface area (Å²) >= 11 is 0. The van der Waals surface area contributed by atoms with E-state index in [1.54, 1.807) is 20.8 Å². The van der Waals surface area contributed by atoms with Crippen LogP contribution in [0.3, 0.4) is 0 Å². The molecule has 0 spiro atoms. The second-order valence-corrected chi connectivity index (χ2v) is 3.67. The number of nitrogens with zero attached hydrogens (tertiary/aromatic N) is 1. The zero-order valence-corrected chi connectivity index (χ0v) is 8.02. The van der Waals surface area contributed by atoms with Gasteiger partial charge in [-0.05, 0) is 20.8 Å². The van der Waals surface area contributed by atoms with Crippen molar-refractivity contribution in [3.05, 3.63) is 0 Å². The summed E-state index contributed by atoms with van der Waals surface area (Å²) in [5.74, 6) is 0. The molecule has 5 nitrogen and oxygen atoms in total. The molecule has 2 N–H and O–H groups in total. The molecule has 1 heterocycles. The molecular formula is C8H15NO4. The Morgan fingerprint density at radius 1 is 1.62 bits per heavy atom. The minimum atomic E-state index is -1.06. The van der Waals surface area contributed by atoms with Crippen molar-refractivity contribution in [2.45, 2.75) is 38.6 Å². The summed E-state index contributed by atoms with van der Waals surface area (Å²) in [6.45, 7) is 4.89. The van der Waals surface area contributed by atoms with Gasteiger partial charge in [0, 0.05) is 0 Å². The highest BCUT2D eigenvalue weighted by Gasteiger charge is 2.47. The lowest BCUT2D eigenvalue weighted by molar-refractivity contribution is -0.0621. The molecule has 1 aliphatic rings. The molecule has 0 aromatic heterocycles. The first kappa shape index (κ1) is 10.3. The Balaban J connectivity index is 2.91. The van der Waals surface area contributed by atoms with Gasteiger partial charge >= 0.3 is 6.09 Å². The topological polar surface area (TPSA) is 70.0 Å². The third-order valence-corrected chi connectivity index (χ3v) is 2.32. The molecule has 1 rings (SSSR count). The number of hydrogen-bond acceptors (Lipinski definition) is 3. The predicted octanol–water partition coefficient (Wildman–Crippen LogP) is 0.482. The minimum Gasteiger partial charge on any atom is -0.465 e. The van der Waals surface area contributed by atoms with Crippen LogP contribution in [0.15, 0.2) is 0 Å². The van der Waals surface area contributed by atoms with E-state index in [2.05, 4.69) is 0 Å². The molecule has 1 aliphatic heterocycles. The van der Waals surface area contributed by atoms with Crippen LogP contribution in [0, 0.1) is 0 Å². The summed E-state index contributed by atoms with van der Waals surface area (Å²) in [5.41, 5.74) is -0.849. The van der Waals surface area contributed by atoms with Gasteiger partial charge < -0.3 is 14.9 Å². The van der Waals surface area contributed by atoms with E-state index in [4.69, 9.17) is 14.9 Å². The molecule has 0 aromatic rings. The van der Waals surface area contributed by atoms with Crippen LogP contribution < -0.4 is 0 Å². The smallest absolute Gasteiger partial charge is 0.409 e. The highest BCUT2D eigenvalue weighted by Crippen LogP contribution is 2.31. The zero-order chi connectivity index (χ0) is 10.2. The molecule has 0 saturated carbocycles. The van der Waals surface area contributed by atoms with Crippen molar-refractivity contribution in [3.63, 3.8) is 0 Å². The molecule has 0 aliphatic carbocycles. The van der Waals surface area contributed by atoms with Crippen molar-refractivity contribution in [3.8, 4) is 0 Å².